The molecule has 0 radical (unpaired) electrons. The number of thiophene rings is 1. The van der Waals surface area contributed by atoms with Crippen molar-refractivity contribution in [2.24, 2.45) is 0 Å². The van der Waals surface area contributed by atoms with Gasteiger partial charge in [-0.1, -0.05) is 11.6 Å². The van der Waals surface area contributed by atoms with Gasteiger partial charge in [0.2, 0.25) is 5.91 Å². The lowest BCUT2D eigenvalue weighted by Crippen LogP contribution is -2.40. The van der Waals surface area contributed by atoms with Gasteiger partial charge in [-0.25, -0.2) is 18.1 Å². The predicted octanol–water partition coefficient (Wildman–Crippen LogP) is 4.10. The number of nitrogens with one attached hydrogen (secondary N) is 1. The van der Waals surface area contributed by atoms with Crippen LogP contribution in [0.3, 0.4) is 0 Å². The van der Waals surface area contributed by atoms with Crippen LogP contribution in [-0.2, 0) is 11.3 Å². The number of nitrogens with zero attached hydrogens (tertiary/aromatic N) is 2. The van der Waals surface area contributed by atoms with E-state index in [0.29, 0.717) is 32.7 Å². The number of anilines is 1. The predicted molar refractivity (Wildman–Crippen MR) is 123 cm³/mol. The summed E-state index contributed by atoms with van der Waals surface area (Å²) in [6.45, 7) is 1.29. The SMILES string of the molecule is COc1cc(Cl)c(C)cc1NC(=O)Cn1c(=O)n(-c2cc(F)cc(F)c2)c(=O)c2sccc21. The molecule has 4 rings (SSSR count). The first kappa shape index (κ1) is 22.7. The zero-order valence-corrected chi connectivity index (χ0v) is 18.9. The van der Waals surface area contributed by atoms with Crippen LogP contribution in [-0.4, -0.2) is 22.2 Å². The van der Waals surface area contributed by atoms with Gasteiger partial charge in [-0.3, -0.25) is 14.2 Å². The number of ether oxygens (including phenoxy) is 1. The number of benzene rings is 2. The summed E-state index contributed by atoms with van der Waals surface area (Å²) in [4.78, 5) is 38.9. The van der Waals surface area contributed by atoms with Crippen molar-refractivity contribution in [1.82, 2.24) is 9.13 Å². The monoisotopic (exact) mass is 491 g/mol. The molecule has 0 bridgehead atoms. The van der Waals surface area contributed by atoms with E-state index < -0.39 is 35.3 Å². The molecule has 0 aliphatic heterocycles. The Morgan fingerprint density at radius 3 is 2.52 bits per heavy atom. The number of hydrogen-bond donors (Lipinski definition) is 1. The summed E-state index contributed by atoms with van der Waals surface area (Å²) in [6, 6.07) is 7.08. The van der Waals surface area contributed by atoms with Crippen molar-refractivity contribution in [3.63, 3.8) is 0 Å². The van der Waals surface area contributed by atoms with E-state index >= 15 is 0 Å². The van der Waals surface area contributed by atoms with Gasteiger partial charge < -0.3 is 10.1 Å². The molecule has 0 saturated heterocycles. The van der Waals surface area contributed by atoms with E-state index in [9.17, 15) is 23.2 Å². The molecule has 33 heavy (non-hydrogen) atoms. The normalized spacial score (nSPS) is 11.1. The molecule has 0 atom stereocenters. The summed E-state index contributed by atoms with van der Waals surface area (Å²) in [5, 5.41) is 4.71. The number of amides is 1. The van der Waals surface area contributed by atoms with Crippen LogP contribution < -0.4 is 21.3 Å². The van der Waals surface area contributed by atoms with Gasteiger partial charge in [0, 0.05) is 17.2 Å². The van der Waals surface area contributed by atoms with Crippen molar-refractivity contribution in [3.05, 3.63) is 84.8 Å². The Balaban J connectivity index is 1.80. The van der Waals surface area contributed by atoms with E-state index in [0.717, 1.165) is 28.0 Å². The van der Waals surface area contributed by atoms with Gasteiger partial charge in [0.15, 0.2) is 0 Å². The lowest BCUT2D eigenvalue weighted by atomic mass is 10.2. The number of halogens is 3. The summed E-state index contributed by atoms with van der Waals surface area (Å²) < 4.78 is 34.7. The molecule has 0 aliphatic rings. The topological polar surface area (TPSA) is 82.3 Å². The van der Waals surface area contributed by atoms with Crippen LogP contribution in [0.2, 0.25) is 5.02 Å². The third-order valence-corrected chi connectivity index (χ3v) is 6.22. The van der Waals surface area contributed by atoms with E-state index in [1.54, 1.807) is 24.4 Å². The fraction of sp³-hybridized carbons (Fsp3) is 0.136. The van der Waals surface area contributed by atoms with Crippen LogP contribution >= 0.6 is 22.9 Å². The Morgan fingerprint density at radius 2 is 1.85 bits per heavy atom. The Labute approximate surface area is 194 Å². The Bertz CT molecular complexity index is 1510. The van der Waals surface area contributed by atoms with Crippen molar-refractivity contribution in [1.29, 1.82) is 0 Å². The first-order valence-corrected chi connectivity index (χ1v) is 10.8. The number of carbonyl (C=O) groups excluding carboxylic acids is 1. The second-order valence-electron chi connectivity index (χ2n) is 7.12. The molecule has 0 aliphatic carbocycles. The van der Waals surface area contributed by atoms with E-state index in [1.807, 2.05) is 0 Å². The smallest absolute Gasteiger partial charge is 0.336 e. The van der Waals surface area contributed by atoms with Crippen molar-refractivity contribution in [2.75, 3.05) is 12.4 Å². The Hall–Kier alpha value is -3.50. The van der Waals surface area contributed by atoms with Crippen LogP contribution in [0.1, 0.15) is 5.56 Å². The van der Waals surface area contributed by atoms with Crippen molar-refractivity contribution in [2.45, 2.75) is 13.5 Å². The quantitative estimate of drug-likeness (QED) is 0.455. The maximum absolute atomic E-state index is 13.8. The van der Waals surface area contributed by atoms with E-state index in [4.69, 9.17) is 16.3 Å². The summed E-state index contributed by atoms with van der Waals surface area (Å²) in [7, 11) is 1.42. The summed E-state index contributed by atoms with van der Waals surface area (Å²) in [5.74, 6) is -2.15. The van der Waals surface area contributed by atoms with Crippen molar-refractivity contribution in [3.8, 4) is 11.4 Å². The lowest BCUT2D eigenvalue weighted by Gasteiger charge is -2.14. The molecule has 1 amide bonds. The summed E-state index contributed by atoms with van der Waals surface area (Å²) in [5.41, 5.74) is -0.641. The number of fused-ring (bicyclic) bond motifs is 1. The molecule has 0 spiro atoms. The maximum atomic E-state index is 13.8. The molecule has 170 valence electrons. The second kappa shape index (κ2) is 8.80. The highest BCUT2D eigenvalue weighted by Gasteiger charge is 2.19. The highest BCUT2D eigenvalue weighted by molar-refractivity contribution is 7.17. The molecular formula is C22H16ClF2N3O4S. The van der Waals surface area contributed by atoms with Gasteiger partial charge in [-0.2, -0.15) is 0 Å². The van der Waals surface area contributed by atoms with E-state index in [2.05, 4.69) is 5.32 Å². The molecule has 0 unspecified atom stereocenters. The van der Waals surface area contributed by atoms with Crippen molar-refractivity contribution < 1.29 is 18.3 Å². The first-order valence-electron chi connectivity index (χ1n) is 9.53. The Morgan fingerprint density at radius 1 is 1.15 bits per heavy atom. The zero-order chi connectivity index (χ0) is 23.9. The van der Waals surface area contributed by atoms with Gasteiger partial charge in [-0.05, 0) is 42.1 Å². The number of rotatable bonds is 5. The van der Waals surface area contributed by atoms with Crippen LogP contribution in [0.25, 0.3) is 15.9 Å². The minimum atomic E-state index is -0.947. The second-order valence-corrected chi connectivity index (χ2v) is 8.45. The molecule has 0 saturated carbocycles. The van der Waals surface area contributed by atoms with E-state index in [1.165, 1.54) is 13.2 Å². The standard InChI is InChI=1S/C22H16ClF2N3O4S/c1-11-5-16(18(32-2)9-15(11)23)26-19(29)10-27-17-3-4-33-20(17)21(30)28(22(27)31)14-7-12(24)6-13(25)8-14/h3-9H,10H2,1-2H3,(H,26,29). The molecule has 4 aromatic rings. The average molecular weight is 492 g/mol. The average Bonchev–Trinajstić information content (AvgIpc) is 3.23. The van der Waals surface area contributed by atoms with Crippen LogP contribution in [0.15, 0.2) is 51.4 Å². The minimum Gasteiger partial charge on any atom is -0.495 e. The number of carbonyl (C=O) groups is 1. The van der Waals surface area contributed by atoms with Gasteiger partial charge in [-0.15, -0.1) is 11.3 Å². The lowest BCUT2D eigenvalue weighted by molar-refractivity contribution is -0.116. The van der Waals surface area contributed by atoms with Gasteiger partial charge in [0.25, 0.3) is 5.56 Å². The molecular weight excluding hydrogens is 476 g/mol. The fourth-order valence-electron chi connectivity index (χ4n) is 3.40. The first-order chi connectivity index (χ1) is 15.7. The van der Waals surface area contributed by atoms with Gasteiger partial charge in [0.1, 0.15) is 28.6 Å². The van der Waals surface area contributed by atoms with Gasteiger partial charge in [0.05, 0.1) is 24.0 Å². The highest BCUT2D eigenvalue weighted by atomic mass is 35.5. The summed E-state index contributed by atoms with van der Waals surface area (Å²) in [6.07, 6.45) is 0. The summed E-state index contributed by atoms with van der Waals surface area (Å²) >= 11 is 7.14. The molecule has 2 heterocycles. The molecule has 2 aromatic heterocycles. The fourth-order valence-corrected chi connectivity index (χ4v) is 4.38. The largest absolute Gasteiger partial charge is 0.495 e. The molecule has 0 fully saturated rings. The number of hydrogen-bond acceptors (Lipinski definition) is 5. The minimum absolute atomic E-state index is 0.159. The Kier molecular flexibility index (Phi) is 6.05. The third-order valence-electron chi connectivity index (χ3n) is 4.92. The molecule has 11 heteroatoms. The molecule has 1 N–H and O–H groups in total. The maximum Gasteiger partial charge on any atom is 0.336 e. The van der Waals surface area contributed by atoms with E-state index in [-0.39, 0.29) is 15.9 Å². The van der Waals surface area contributed by atoms with Crippen molar-refractivity contribution >= 4 is 44.7 Å². The van der Waals surface area contributed by atoms with Crippen LogP contribution in [0, 0.1) is 18.6 Å². The van der Waals surface area contributed by atoms with Gasteiger partial charge >= 0.3 is 5.69 Å². The highest BCUT2D eigenvalue weighted by Crippen LogP contribution is 2.31. The van der Waals surface area contributed by atoms with Crippen LogP contribution in [0.4, 0.5) is 14.5 Å². The number of aromatic nitrogens is 2. The molecule has 7 nitrogen and oxygen atoms in total. The number of aryl methyl sites for hydroxylation is 1. The van der Waals surface area contributed by atoms with Crippen LogP contribution in [0.5, 0.6) is 5.75 Å². The zero-order valence-electron chi connectivity index (χ0n) is 17.3. The number of methoxy groups -OCH3 is 1. The third kappa shape index (κ3) is 4.27. The molecule has 2 aromatic carbocycles.